The van der Waals surface area contributed by atoms with Crippen LogP contribution in [0.15, 0.2) is 28.8 Å². The van der Waals surface area contributed by atoms with E-state index in [1.807, 2.05) is 0 Å². The molecule has 0 aliphatic carbocycles. The number of carbonyl (C=O) groups excluding carboxylic acids is 1. The van der Waals surface area contributed by atoms with Crippen LogP contribution in [0.5, 0.6) is 0 Å². The highest BCUT2D eigenvalue weighted by Gasteiger charge is 2.38. The topological polar surface area (TPSA) is 77.7 Å². The summed E-state index contributed by atoms with van der Waals surface area (Å²) in [6, 6.07) is 6.71. The summed E-state index contributed by atoms with van der Waals surface area (Å²) in [5, 5.41) is 3.39. The Bertz CT molecular complexity index is 857. The number of benzene rings is 1. The molecule has 1 aromatic heterocycles. The highest BCUT2D eigenvalue weighted by molar-refractivity contribution is 5.81. The second kappa shape index (κ2) is 8.73. The van der Waals surface area contributed by atoms with E-state index >= 15 is 0 Å². The second-order valence-electron chi connectivity index (χ2n) is 7.47. The van der Waals surface area contributed by atoms with Gasteiger partial charge in [0, 0.05) is 31.9 Å². The molecule has 2 aromatic rings. The highest BCUT2D eigenvalue weighted by Crippen LogP contribution is 2.29. The summed E-state index contributed by atoms with van der Waals surface area (Å²) in [7, 11) is 0. The third-order valence-corrected chi connectivity index (χ3v) is 5.22. The van der Waals surface area contributed by atoms with Gasteiger partial charge in [0.25, 0.3) is 5.91 Å². The van der Waals surface area contributed by atoms with Crippen LogP contribution in [0.3, 0.4) is 0 Å². The molecule has 1 amide bonds. The Morgan fingerprint density at radius 2 is 1.83 bits per heavy atom. The number of alkyl halides is 3. The largest absolute Gasteiger partial charge is 0.471 e. The number of hydrogen-bond acceptors (Lipinski definition) is 6. The van der Waals surface area contributed by atoms with E-state index in [0.29, 0.717) is 38.3 Å². The summed E-state index contributed by atoms with van der Waals surface area (Å²) in [6.07, 6.45) is -1.64. The lowest BCUT2D eigenvalue weighted by Crippen LogP contribution is -2.42. The second-order valence-corrected chi connectivity index (χ2v) is 7.47. The van der Waals surface area contributed by atoms with Gasteiger partial charge in [-0.3, -0.25) is 4.79 Å². The summed E-state index contributed by atoms with van der Waals surface area (Å²) in [5.41, 5.74) is 1.23. The van der Waals surface area contributed by atoms with Gasteiger partial charge in [0.2, 0.25) is 5.82 Å². The van der Waals surface area contributed by atoms with Crippen molar-refractivity contribution in [2.45, 2.75) is 50.6 Å². The minimum absolute atomic E-state index is 0.00902. The van der Waals surface area contributed by atoms with Gasteiger partial charge in [-0.25, -0.2) is 0 Å². The van der Waals surface area contributed by atoms with E-state index < -0.39 is 18.2 Å². The standard InChI is InChI=1S/C20H22F3N3O4/c21-20(22,23)19-24-17(25-30-19)14-7-5-13(6-8-14)11-26(12-15-3-1-9-28-15)18(27)16-4-2-10-29-16/h5-8,15-16H,1-4,9-12H2. The minimum atomic E-state index is -4.68. The molecule has 2 aliphatic heterocycles. The third-order valence-electron chi connectivity index (χ3n) is 5.22. The molecule has 30 heavy (non-hydrogen) atoms. The Kier molecular flexibility index (Phi) is 6.05. The van der Waals surface area contributed by atoms with Gasteiger partial charge in [-0.15, -0.1) is 0 Å². The zero-order chi connectivity index (χ0) is 21.1. The van der Waals surface area contributed by atoms with Crippen molar-refractivity contribution >= 4 is 5.91 Å². The maximum absolute atomic E-state index is 12.9. The first-order chi connectivity index (χ1) is 14.4. The van der Waals surface area contributed by atoms with E-state index in [1.54, 1.807) is 29.2 Å². The smallest absolute Gasteiger partial charge is 0.376 e. The molecule has 1 aromatic carbocycles. The summed E-state index contributed by atoms with van der Waals surface area (Å²) < 4.78 is 53.4. The predicted molar refractivity (Wildman–Crippen MR) is 98.1 cm³/mol. The van der Waals surface area contributed by atoms with Crippen LogP contribution in [-0.2, 0) is 27.0 Å². The van der Waals surface area contributed by atoms with Crippen LogP contribution in [0.2, 0.25) is 0 Å². The van der Waals surface area contributed by atoms with Crippen molar-refractivity contribution in [3.63, 3.8) is 0 Å². The predicted octanol–water partition coefficient (Wildman–Crippen LogP) is 3.44. The lowest BCUT2D eigenvalue weighted by atomic mass is 10.1. The van der Waals surface area contributed by atoms with E-state index in [9.17, 15) is 18.0 Å². The van der Waals surface area contributed by atoms with Crippen LogP contribution in [-0.4, -0.2) is 52.9 Å². The summed E-state index contributed by atoms with van der Waals surface area (Å²) in [5.74, 6) is -1.58. The number of hydrogen-bond donors (Lipinski definition) is 0. The quantitative estimate of drug-likeness (QED) is 0.706. The Morgan fingerprint density at radius 3 is 2.43 bits per heavy atom. The van der Waals surface area contributed by atoms with E-state index in [1.165, 1.54) is 0 Å². The molecule has 10 heteroatoms. The molecule has 2 unspecified atom stereocenters. The van der Waals surface area contributed by atoms with E-state index in [0.717, 1.165) is 24.8 Å². The fraction of sp³-hybridized carbons (Fsp3) is 0.550. The molecule has 0 saturated carbocycles. The molecule has 7 nitrogen and oxygen atoms in total. The van der Waals surface area contributed by atoms with Crippen molar-refractivity contribution in [1.82, 2.24) is 15.0 Å². The van der Waals surface area contributed by atoms with Crippen LogP contribution in [0.1, 0.15) is 37.1 Å². The van der Waals surface area contributed by atoms with E-state index in [2.05, 4.69) is 14.7 Å². The van der Waals surface area contributed by atoms with Gasteiger partial charge in [0.15, 0.2) is 0 Å². The normalized spacial score (nSPS) is 21.8. The number of halogens is 3. The van der Waals surface area contributed by atoms with E-state index in [4.69, 9.17) is 9.47 Å². The lowest BCUT2D eigenvalue weighted by Gasteiger charge is -2.28. The monoisotopic (exact) mass is 425 g/mol. The summed E-state index contributed by atoms with van der Waals surface area (Å²) in [4.78, 5) is 18.1. The average Bonchev–Trinajstić information content (AvgIpc) is 3.49. The number of aromatic nitrogens is 2. The molecular formula is C20H22F3N3O4. The molecule has 0 radical (unpaired) electrons. The van der Waals surface area contributed by atoms with Crippen LogP contribution in [0.25, 0.3) is 11.4 Å². The van der Waals surface area contributed by atoms with Crippen LogP contribution >= 0.6 is 0 Å². The van der Waals surface area contributed by atoms with Gasteiger partial charge in [0.1, 0.15) is 6.10 Å². The Morgan fingerprint density at radius 1 is 1.10 bits per heavy atom. The van der Waals surface area contributed by atoms with Gasteiger partial charge in [0.05, 0.1) is 6.10 Å². The minimum Gasteiger partial charge on any atom is -0.376 e. The van der Waals surface area contributed by atoms with Gasteiger partial charge in [-0.1, -0.05) is 29.4 Å². The van der Waals surface area contributed by atoms with Crippen LogP contribution in [0.4, 0.5) is 13.2 Å². The molecule has 0 spiro atoms. The van der Waals surface area contributed by atoms with Crippen LogP contribution < -0.4 is 0 Å². The van der Waals surface area contributed by atoms with Crippen molar-refractivity contribution in [1.29, 1.82) is 0 Å². The first-order valence-corrected chi connectivity index (χ1v) is 9.92. The first kappa shape index (κ1) is 20.8. The van der Waals surface area contributed by atoms with Gasteiger partial charge in [-0.05, 0) is 31.2 Å². The van der Waals surface area contributed by atoms with Crippen molar-refractivity contribution in [2.24, 2.45) is 0 Å². The fourth-order valence-electron chi connectivity index (χ4n) is 3.68. The van der Waals surface area contributed by atoms with Gasteiger partial charge in [-0.2, -0.15) is 18.2 Å². The van der Waals surface area contributed by atoms with E-state index in [-0.39, 0.29) is 17.8 Å². The van der Waals surface area contributed by atoms with Gasteiger partial charge >= 0.3 is 12.1 Å². The number of carbonyl (C=O) groups is 1. The summed E-state index contributed by atoms with van der Waals surface area (Å²) in [6.45, 7) is 2.13. The van der Waals surface area contributed by atoms with Gasteiger partial charge < -0.3 is 18.9 Å². The molecule has 162 valence electrons. The molecular weight excluding hydrogens is 403 g/mol. The zero-order valence-electron chi connectivity index (χ0n) is 16.2. The van der Waals surface area contributed by atoms with Crippen molar-refractivity contribution in [3.8, 4) is 11.4 Å². The molecule has 0 bridgehead atoms. The zero-order valence-corrected chi connectivity index (χ0v) is 16.2. The number of nitrogens with zero attached hydrogens (tertiary/aromatic N) is 3. The van der Waals surface area contributed by atoms with Crippen molar-refractivity contribution in [2.75, 3.05) is 19.8 Å². The SMILES string of the molecule is O=C(C1CCCO1)N(Cc1ccc(-c2noc(C(F)(F)F)n2)cc1)CC1CCCO1. The Balaban J connectivity index is 1.46. The average molecular weight is 425 g/mol. The first-order valence-electron chi connectivity index (χ1n) is 9.92. The lowest BCUT2D eigenvalue weighted by molar-refractivity contribution is -0.159. The molecule has 4 rings (SSSR count). The third kappa shape index (κ3) is 4.81. The Labute approximate surface area is 171 Å². The molecule has 2 fully saturated rings. The number of rotatable bonds is 6. The fourth-order valence-corrected chi connectivity index (χ4v) is 3.68. The van der Waals surface area contributed by atoms with Crippen molar-refractivity contribution < 1.29 is 32.0 Å². The maximum atomic E-state index is 12.9. The molecule has 0 N–H and O–H groups in total. The molecule has 2 atom stereocenters. The number of amides is 1. The Hall–Kier alpha value is -2.46. The molecule has 2 saturated heterocycles. The molecule has 3 heterocycles. The highest BCUT2D eigenvalue weighted by atomic mass is 19.4. The summed E-state index contributed by atoms with van der Waals surface area (Å²) >= 11 is 0. The maximum Gasteiger partial charge on any atom is 0.471 e. The van der Waals surface area contributed by atoms with Crippen LogP contribution in [0, 0.1) is 0 Å². The number of ether oxygens (including phenoxy) is 2. The molecule has 2 aliphatic rings. The van der Waals surface area contributed by atoms with Crippen molar-refractivity contribution in [3.05, 3.63) is 35.7 Å².